The number of amides is 1. The Hall–Kier alpha value is -3.67. The molecule has 1 N–H and O–H groups in total. The van der Waals surface area contributed by atoms with Gasteiger partial charge in [0.15, 0.2) is 11.5 Å². The summed E-state index contributed by atoms with van der Waals surface area (Å²) in [5, 5.41) is 0. The van der Waals surface area contributed by atoms with Gasteiger partial charge in [-0.1, -0.05) is 42.5 Å². The number of aromatic amines is 1. The Morgan fingerprint density at radius 2 is 1.90 bits per heavy atom. The Bertz CT molecular complexity index is 1090. The minimum atomic E-state index is -0.723. The van der Waals surface area contributed by atoms with E-state index in [0.717, 1.165) is 11.1 Å². The van der Waals surface area contributed by atoms with Crippen LogP contribution < -0.4 is 4.90 Å². The van der Waals surface area contributed by atoms with E-state index in [1.54, 1.807) is 31.1 Å². The first-order chi connectivity index (χ1) is 14.4. The molecule has 0 radical (unpaired) electrons. The fourth-order valence-corrected chi connectivity index (χ4v) is 3.52. The third-order valence-corrected chi connectivity index (χ3v) is 4.86. The first-order valence-electron chi connectivity index (χ1n) is 9.80. The average molecular weight is 401 g/mol. The number of imidazole rings is 1. The summed E-state index contributed by atoms with van der Waals surface area (Å²) in [6.07, 6.45) is 4.89. The van der Waals surface area contributed by atoms with E-state index in [-0.39, 0.29) is 30.4 Å². The summed E-state index contributed by atoms with van der Waals surface area (Å²) in [5.74, 6) is 0.187. The van der Waals surface area contributed by atoms with Crippen LogP contribution in [0.5, 0.6) is 0 Å². The van der Waals surface area contributed by atoms with Gasteiger partial charge in [-0.05, 0) is 37.1 Å². The molecular formula is C24H23N3O3. The molecule has 1 aliphatic rings. The van der Waals surface area contributed by atoms with Crippen LogP contribution >= 0.6 is 0 Å². The van der Waals surface area contributed by atoms with Crippen LogP contribution in [0.1, 0.15) is 26.1 Å². The SMILES string of the molecule is CC1(C)CC(=O)C=C(C(=O)N(Cc2ncc[nH]2)c2cccc(-c3ccccc3)c2)O1. The number of carbonyl (C=O) groups is 2. The second-order valence-corrected chi connectivity index (χ2v) is 7.86. The normalized spacial score (nSPS) is 15.3. The zero-order valence-electron chi connectivity index (χ0n) is 17.0. The molecule has 1 aliphatic heterocycles. The molecule has 2 heterocycles. The summed E-state index contributed by atoms with van der Waals surface area (Å²) in [6, 6.07) is 17.7. The zero-order chi connectivity index (χ0) is 21.1. The number of hydrogen-bond acceptors (Lipinski definition) is 4. The molecule has 4 rings (SSSR count). The van der Waals surface area contributed by atoms with Crippen molar-refractivity contribution in [1.29, 1.82) is 0 Å². The highest BCUT2D eigenvalue weighted by molar-refractivity contribution is 6.09. The Balaban J connectivity index is 1.72. The molecule has 0 spiro atoms. The molecule has 1 amide bonds. The van der Waals surface area contributed by atoms with Crippen molar-refractivity contribution in [3.05, 3.63) is 84.7 Å². The number of aromatic nitrogens is 2. The molecule has 152 valence electrons. The van der Waals surface area contributed by atoms with E-state index in [0.29, 0.717) is 11.5 Å². The van der Waals surface area contributed by atoms with Crippen molar-refractivity contribution < 1.29 is 14.3 Å². The van der Waals surface area contributed by atoms with Gasteiger partial charge in [0.1, 0.15) is 11.4 Å². The molecule has 0 atom stereocenters. The monoisotopic (exact) mass is 401 g/mol. The summed E-state index contributed by atoms with van der Waals surface area (Å²) in [7, 11) is 0. The third kappa shape index (κ3) is 4.33. The van der Waals surface area contributed by atoms with E-state index in [4.69, 9.17) is 4.74 Å². The minimum Gasteiger partial charge on any atom is -0.481 e. The third-order valence-electron chi connectivity index (χ3n) is 4.86. The second-order valence-electron chi connectivity index (χ2n) is 7.86. The lowest BCUT2D eigenvalue weighted by Gasteiger charge is -2.32. The maximum Gasteiger partial charge on any atom is 0.293 e. The predicted octanol–water partition coefficient (Wildman–Crippen LogP) is 4.26. The molecular weight excluding hydrogens is 378 g/mol. The molecule has 2 aromatic carbocycles. The van der Waals surface area contributed by atoms with Crippen LogP contribution in [-0.4, -0.2) is 27.3 Å². The van der Waals surface area contributed by atoms with Crippen LogP contribution in [0.3, 0.4) is 0 Å². The van der Waals surface area contributed by atoms with Crippen LogP contribution in [0.4, 0.5) is 5.69 Å². The fourth-order valence-electron chi connectivity index (χ4n) is 3.52. The number of nitrogens with one attached hydrogen (secondary N) is 1. The van der Waals surface area contributed by atoms with E-state index in [9.17, 15) is 9.59 Å². The molecule has 3 aromatic rings. The highest BCUT2D eigenvalue weighted by Crippen LogP contribution is 2.30. The Labute approximate surface area is 175 Å². The number of hydrogen-bond donors (Lipinski definition) is 1. The van der Waals surface area contributed by atoms with E-state index < -0.39 is 5.60 Å². The van der Waals surface area contributed by atoms with Gasteiger partial charge < -0.3 is 9.72 Å². The summed E-state index contributed by atoms with van der Waals surface area (Å²) in [5.41, 5.74) is 2.01. The topological polar surface area (TPSA) is 75.3 Å². The largest absolute Gasteiger partial charge is 0.481 e. The molecule has 0 saturated heterocycles. The van der Waals surface area contributed by atoms with E-state index >= 15 is 0 Å². The van der Waals surface area contributed by atoms with Crippen LogP contribution in [0.15, 0.2) is 78.8 Å². The first kappa shape index (κ1) is 19.6. The highest BCUT2D eigenvalue weighted by atomic mass is 16.5. The number of H-pyrrole nitrogens is 1. The molecule has 6 heteroatoms. The Kier molecular flexibility index (Phi) is 5.23. The van der Waals surface area contributed by atoms with Crippen LogP contribution in [0, 0.1) is 0 Å². The van der Waals surface area contributed by atoms with Gasteiger partial charge in [0, 0.05) is 30.6 Å². The Morgan fingerprint density at radius 1 is 1.13 bits per heavy atom. The van der Waals surface area contributed by atoms with Crippen molar-refractivity contribution in [2.45, 2.75) is 32.4 Å². The number of nitrogens with zero attached hydrogens (tertiary/aromatic N) is 2. The quantitative estimate of drug-likeness (QED) is 0.693. The molecule has 0 saturated carbocycles. The van der Waals surface area contributed by atoms with Gasteiger partial charge in [0.05, 0.1) is 6.54 Å². The second kappa shape index (κ2) is 7.99. The van der Waals surface area contributed by atoms with E-state index in [1.165, 1.54) is 6.08 Å². The summed E-state index contributed by atoms with van der Waals surface area (Å²) >= 11 is 0. The van der Waals surface area contributed by atoms with Gasteiger partial charge >= 0.3 is 0 Å². The average Bonchev–Trinajstić information content (AvgIpc) is 3.24. The summed E-state index contributed by atoms with van der Waals surface area (Å²) in [6.45, 7) is 3.83. The fraction of sp³-hybridized carbons (Fsp3) is 0.208. The molecule has 0 unspecified atom stereocenters. The van der Waals surface area contributed by atoms with Crippen LogP contribution in [-0.2, 0) is 20.9 Å². The minimum absolute atomic E-state index is 0.0490. The number of carbonyl (C=O) groups excluding carboxylic acids is 2. The standard InChI is InChI=1S/C24H23N3O3/c1-24(2)15-20(28)14-21(30-24)23(29)27(16-22-25-11-12-26-22)19-10-6-9-18(13-19)17-7-4-3-5-8-17/h3-14H,15-16H2,1-2H3,(H,25,26). The highest BCUT2D eigenvalue weighted by Gasteiger charge is 2.34. The van der Waals surface area contributed by atoms with Gasteiger partial charge in [-0.25, -0.2) is 4.98 Å². The number of ether oxygens (including phenoxy) is 1. The molecule has 1 aromatic heterocycles. The van der Waals surface area contributed by atoms with Gasteiger partial charge in [0.25, 0.3) is 5.91 Å². The lowest BCUT2D eigenvalue weighted by Crippen LogP contribution is -2.39. The van der Waals surface area contributed by atoms with Crippen LogP contribution in [0.25, 0.3) is 11.1 Å². The van der Waals surface area contributed by atoms with Gasteiger partial charge in [-0.2, -0.15) is 0 Å². The van der Waals surface area contributed by atoms with Gasteiger partial charge in [0.2, 0.25) is 0 Å². The zero-order valence-corrected chi connectivity index (χ0v) is 17.0. The lowest BCUT2D eigenvalue weighted by atomic mass is 9.98. The van der Waals surface area contributed by atoms with Crippen molar-refractivity contribution in [3.63, 3.8) is 0 Å². The van der Waals surface area contributed by atoms with Gasteiger partial charge in [-0.15, -0.1) is 0 Å². The van der Waals surface area contributed by atoms with Crippen molar-refractivity contribution in [2.24, 2.45) is 0 Å². The van der Waals surface area contributed by atoms with E-state index in [2.05, 4.69) is 9.97 Å². The maximum absolute atomic E-state index is 13.4. The molecule has 6 nitrogen and oxygen atoms in total. The van der Waals surface area contributed by atoms with Crippen LogP contribution in [0.2, 0.25) is 0 Å². The molecule has 0 aliphatic carbocycles. The Morgan fingerprint density at radius 3 is 2.60 bits per heavy atom. The van der Waals surface area contributed by atoms with Crippen molar-refractivity contribution >= 4 is 17.4 Å². The molecule has 30 heavy (non-hydrogen) atoms. The molecule has 0 bridgehead atoms. The number of anilines is 1. The van der Waals surface area contributed by atoms with Gasteiger partial charge in [-0.3, -0.25) is 14.5 Å². The van der Waals surface area contributed by atoms with Crippen molar-refractivity contribution in [3.8, 4) is 11.1 Å². The number of ketones is 1. The predicted molar refractivity (Wildman–Crippen MR) is 115 cm³/mol. The summed E-state index contributed by atoms with van der Waals surface area (Å²) < 4.78 is 5.86. The van der Waals surface area contributed by atoms with Crippen molar-refractivity contribution in [1.82, 2.24) is 9.97 Å². The first-order valence-corrected chi connectivity index (χ1v) is 9.80. The van der Waals surface area contributed by atoms with E-state index in [1.807, 2.05) is 54.6 Å². The number of allylic oxidation sites excluding steroid dienone is 1. The maximum atomic E-state index is 13.4. The lowest BCUT2D eigenvalue weighted by molar-refractivity contribution is -0.129. The number of rotatable bonds is 5. The molecule has 0 fully saturated rings. The summed E-state index contributed by atoms with van der Waals surface area (Å²) in [4.78, 5) is 34.5. The smallest absolute Gasteiger partial charge is 0.293 e. The van der Waals surface area contributed by atoms with Crippen molar-refractivity contribution in [2.75, 3.05) is 4.90 Å². The number of benzene rings is 2.